The van der Waals surface area contributed by atoms with Crippen LogP contribution in [0.3, 0.4) is 0 Å². The Bertz CT molecular complexity index is 1230. The van der Waals surface area contributed by atoms with Gasteiger partial charge in [-0.1, -0.05) is 23.8 Å². The SMILES string of the molecule is Cc1ccc(Cn2c(-c3ccc(O)c(C)c3)cc(C(F)(F)F)c(C#N)c2=O)c(C)c1. The molecule has 1 aromatic heterocycles. The van der Waals surface area contributed by atoms with Crippen molar-refractivity contribution >= 4 is 0 Å². The van der Waals surface area contributed by atoms with Crippen molar-refractivity contribution in [3.8, 4) is 23.1 Å². The number of halogens is 3. The van der Waals surface area contributed by atoms with Crippen LogP contribution in [0.25, 0.3) is 11.3 Å². The Balaban J connectivity index is 2.34. The quantitative estimate of drug-likeness (QED) is 0.652. The number of aromatic nitrogens is 1. The van der Waals surface area contributed by atoms with E-state index < -0.39 is 22.9 Å². The van der Waals surface area contributed by atoms with Crippen LogP contribution < -0.4 is 5.56 Å². The third kappa shape index (κ3) is 3.94. The van der Waals surface area contributed by atoms with Crippen LogP contribution in [0, 0.1) is 32.1 Å². The fourth-order valence-corrected chi connectivity index (χ4v) is 3.38. The Morgan fingerprint density at radius 1 is 1.03 bits per heavy atom. The minimum absolute atomic E-state index is 0.00697. The Morgan fingerprint density at radius 2 is 1.73 bits per heavy atom. The van der Waals surface area contributed by atoms with Gasteiger partial charge >= 0.3 is 6.18 Å². The second kappa shape index (κ2) is 7.71. The van der Waals surface area contributed by atoms with Crippen molar-refractivity contribution in [2.75, 3.05) is 0 Å². The van der Waals surface area contributed by atoms with E-state index >= 15 is 0 Å². The maximum atomic E-state index is 13.6. The van der Waals surface area contributed by atoms with Gasteiger partial charge in [-0.2, -0.15) is 18.4 Å². The monoisotopic (exact) mass is 412 g/mol. The predicted molar refractivity (Wildman–Crippen MR) is 107 cm³/mol. The first-order chi connectivity index (χ1) is 14.0. The summed E-state index contributed by atoms with van der Waals surface area (Å²) < 4.78 is 41.9. The fraction of sp³-hybridized carbons (Fsp3) is 0.217. The molecule has 0 saturated heterocycles. The lowest BCUT2D eigenvalue weighted by Gasteiger charge is -2.19. The minimum atomic E-state index is -4.86. The number of phenolic OH excluding ortho intramolecular Hbond substituents is 1. The van der Waals surface area contributed by atoms with E-state index in [0.29, 0.717) is 11.1 Å². The molecule has 0 spiro atoms. The van der Waals surface area contributed by atoms with Gasteiger partial charge in [0.2, 0.25) is 0 Å². The highest BCUT2D eigenvalue weighted by molar-refractivity contribution is 5.65. The number of nitrogens with zero attached hydrogens (tertiary/aromatic N) is 2. The molecule has 2 aromatic carbocycles. The van der Waals surface area contributed by atoms with E-state index in [1.54, 1.807) is 6.92 Å². The molecule has 0 fully saturated rings. The second-order valence-electron chi connectivity index (χ2n) is 7.25. The number of hydrogen-bond donors (Lipinski definition) is 1. The Labute approximate surface area is 171 Å². The summed E-state index contributed by atoms with van der Waals surface area (Å²) in [7, 11) is 0. The number of hydrogen-bond acceptors (Lipinski definition) is 3. The zero-order valence-corrected chi connectivity index (χ0v) is 16.6. The van der Waals surface area contributed by atoms with Crippen molar-refractivity contribution in [3.05, 3.63) is 86.2 Å². The molecule has 0 aliphatic carbocycles. The molecule has 0 saturated carbocycles. The molecule has 1 heterocycles. The smallest absolute Gasteiger partial charge is 0.417 e. The van der Waals surface area contributed by atoms with Crippen LogP contribution in [0.5, 0.6) is 5.75 Å². The Kier molecular flexibility index (Phi) is 5.45. The van der Waals surface area contributed by atoms with Crippen molar-refractivity contribution in [1.82, 2.24) is 4.57 Å². The van der Waals surface area contributed by atoms with E-state index in [2.05, 4.69) is 0 Å². The first-order valence-electron chi connectivity index (χ1n) is 9.14. The van der Waals surface area contributed by atoms with Crippen LogP contribution in [0.1, 0.15) is 33.4 Å². The largest absolute Gasteiger partial charge is 0.508 e. The first-order valence-corrected chi connectivity index (χ1v) is 9.14. The molecule has 0 unspecified atom stereocenters. The molecule has 4 nitrogen and oxygen atoms in total. The molecule has 30 heavy (non-hydrogen) atoms. The standard InChI is InChI=1S/C23H19F3N2O2/c1-13-4-5-17(14(2)8-13)12-28-20(16-6-7-21(29)15(3)9-16)10-19(23(24,25)26)18(11-27)22(28)30/h4-10,29H,12H2,1-3H3. The highest BCUT2D eigenvalue weighted by atomic mass is 19.4. The van der Waals surface area contributed by atoms with Gasteiger partial charge in [0.15, 0.2) is 0 Å². The van der Waals surface area contributed by atoms with Crippen LogP contribution in [-0.4, -0.2) is 9.67 Å². The number of rotatable bonds is 3. The van der Waals surface area contributed by atoms with Crippen molar-refractivity contribution in [1.29, 1.82) is 5.26 Å². The van der Waals surface area contributed by atoms with Gasteiger partial charge < -0.3 is 9.67 Å². The molecule has 0 amide bonds. The summed E-state index contributed by atoms with van der Waals surface area (Å²) in [6, 6.07) is 12.2. The van der Waals surface area contributed by atoms with E-state index in [9.17, 15) is 28.3 Å². The van der Waals surface area contributed by atoms with E-state index in [1.165, 1.54) is 28.8 Å². The van der Waals surface area contributed by atoms with Gasteiger partial charge in [-0.15, -0.1) is 0 Å². The first kappa shape index (κ1) is 21.2. The minimum Gasteiger partial charge on any atom is -0.508 e. The number of aromatic hydroxyl groups is 1. The lowest BCUT2D eigenvalue weighted by molar-refractivity contribution is -0.137. The summed E-state index contributed by atoms with van der Waals surface area (Å²) in [6.45, 7) is 5.39. The normalized spacial score (nSPS) is 11.4. The maximum Gasteiger partial charge on any atom is 0.417 e. The lowest BCUT2D eigenvalue weighted by Crippen LogP contribution is -2.29. The maximum absolute atomic E-state index is 13.6. The second-order valence-corrected chi connectivity index (χ2v) is 7.25. The van der Waals surface area contributed by atoms with Crippen molar-refractivity contribution in [3.63, 3.8) is 0 Å². The van der Waals surface area contributed by atoms with Gasteiger partial charge in [0.05, 0.1) is 17.8 Å². The van der Waals surface area contributed by atoms with E-state index in [4.69, 9.17) is 0 Å². The number of pyridine rings is 1. The molecule has 7 heteroatoms. The molecular formula is C23H19F3N2O2. The van der Waals surface area contributed by atoms with Gasteiger partial charge in [0.1, 0.15) is 17.4 Å². The average molecular weight is 412 g/mol. The van der Waals surface area contributed by atoms with Crippen LogP contribution in [0.15, 0.2) is 47.3 Å². The van der Waals surface area contributed by atoms with Gasteiger partial charge in [-0.05, 0) is 67.3 Å². The summed E-state index contributed by atoms with van der Waals surface area (Å²) >= 11 is 0. The molecule has 3 rings (SSSR count). The highest BCUT2D eigenvalue weighted by Gasteiger charge is 2.36. The zero-order valence-electron chi connectivity index (χ0n) is 16.6. The third-order valence-corrected chi connectivity index (χ3v) is 5.04. The summed E-state index contributed by atoms with van der Waals surface area (Å²) in [4.78, 5) is 13.0. The number of nitriles is 1. The average Bonchev–Trinajstić information content (AvgIpc) is 2.66. The molecule has 0 aliphatic heterocycles. The molecule has 0 bridgehead atoms. The number of alkyl halides is 3. The predicted octanol–water partition coefficient (Wildman–Crippen LogP) is 5.08. The third-order valence-electron chi connectivity index (χ3n) is 5.04. The Morgan fingerprint density at radius 3 is 2.30 bits per heavy atom. The van der Waals surface area contributed by atoms with Crippen LogP contribution >= 0.6 is 0 Å². The van der Waals surface area contributed by atoms with Gasteiger partial charge in [0, 0.05) is 0 Å². The Hall–Kier alpha value is -3.53. The molecule has 0 radical (unpaired) electrons. The molecule has 0 atom stereocenters. The van der Waals surface area contributed by atoms with E-state index in [1.807, 2.05) is 32.0 Å². The molecule has 0 aliphatic rings. The van der Waals surface area contributed by atoms with Crippen molar-refractivity contribution in [2.24, 2.45) is 0 Å². The van der Waals surface area contributed by atoms with Crippen molar-refractivity contribution < 1.29 is 18.3 Å². The fourth-order valence-electron chi connectivity index (χ4n) is 3.38. The summed E-state index contributed by atoms with van der Waals surface area (Å²) in [6.07, 6.45) is -4.86. The molecule has 1 N–H and O–H groups in total. The van der Waals surface area contributed by atoms with E-state index in [0.717, 1.165) is 22.8 Å². The van der Waals surface area contributed by atoms with Gasteiger partial charge in [-0.25, -0.2) is 0 Å². The van der Waals surface area contributed by atoms with Crippen molar-refractivity contribution in [2.45, 2.75) is 33.5 Å². The van der Waals surface area contributed by atoms with Crippen LogP contribution in [-0.2, 0) is 12.7 Å². The van der Waals surface area contributed by atoms with Crippen LogP contribution in [0.4, 0.5) is 13.2 Å². The lowest BCUT2D eigenvalue weighted by atomic mass is 10.0. The molecule has 3 aromatic rings. The van der Waals surface area contributed by atoms with Crippen LogP contribution in [0.2, 0.25) is 0 Å². The summed E-state index contributed by atoms with van der Waals surface area (Å²) in [5.74, 6) is -0.00767. The zero-order chi connectivity index (χ0) is 22.2. The highest BCUT2D eigenvalue weighted by Crippen LogP contribution is 2.34. The number of aryl methyl sites for hydroxylation is 3. The van der Waals surface area contributed by atoms with Gasteiger partial charge in [0.25, 0.3) is 5.56 Å². The topological polar surface area (TPSA) is 66.0 Å². The number of benzene rings is 2. The number of phenols is 1. The summed E-state index contributed by atoms with van der Waals surface area (Å²) in [5, 5.41) is 19.1. The molecular weight excluding hydrogens is 393 g/mol. The van der Waals surface area contributed by atoms with Gasteiger partial charge in [-0.3, -0.25) is 4.79 Å². The summed E-state index contributed by atoms with van der Waals surface area (Å²) in [5.41, 5.74) is 0.249. The van der Waals surface area contributed by atoms with E-state index in [-0.39, 0.29) is 18.0 Å². The molecule has 154 valence electrons.